The zero-order valence-corrected chi connectivity index (χ0v) is 11.2. The van der Waals surface area contributed by atoms with E-state index in [0.717, 1.165) is 0 Å². The van der Waals surface area contributed by atoms with E-state index in [1.54, 1.807) is 18.2 Å². The molecule has 0 amide bonds. The van der Waals surface area contributed by atoms with Gasteiger partial charge in [-0.05, 0) is 25.1 Å². The van der Waals surface area contributed by atoms with Crippen molar-refractivity contribution in [2.75, 3.05) is 13.7 Å². The summed E-state index contributed by atoms with van der Waals surface area (Å²) in [6.07, 6.45) is 0. The van der Waals surface area contributed by atoms with Gasteiger partial charge in [-0.1, -0.05) is 6.07 Å². The molecule has 0 aliphatic carbocycles. The molecule has 1 aromatic carbocycles. The van der Waals surface area contributed by atoms with Crippen molar-refractivity contribution in [2.45, 2.75) is 6.92 Å². The van der Waals surface area contributed by atoms with Gasteiger partial charge in [-0.25, -0.2) is 4.79 Å². The number of ketones is 1. The second-order valence-electron chi connectivity index (χ2n) is 4.02. The van der Waals surface area contributed by atoms with Crippen LogP contribution in [-0.4, -0.2) is 31.2 Å². The van der Waals surface area contributed by atoms with E-state index in [4.69, 9.17) is 20.1 Å². The number of esters is 1. The lowest BCUT2D eigenvalue weighted by molar-refractivity contribution is -0.122. The maximum absolute atomic E-state index is 11.7. The Morgan fingerprint density at radius 3 is 2.70 bits per heavy atom. The normalized spacial score (nSPS) is 11.1. The fourth-order valence-corrected chi connectivity index (χ4v) is 1.46. The second kappa shape index (κ2) is 7.04. The first-order valence-corrected chi connectivity index (χ1v) is 5.78. The van der Waals surface area contributed by atoms with Crippen molar-refractivity contribution in [1.29, 1.82) is 10.7 Å². The highest BCUT2D eigenvalue weighted by atomic mass is 16.5. The maximum Gasteiger partial charge on any atom is 0.338 e. The number of methoxy groups -OCH3 is 1. The molecule has 1 rings (SSSR count). The summed E-state index contributed by atoms with van der Waals surface area (Å²) in [5.41, 5.74) is 0.173. The minimum absolute atomic E-state index is 0.0741. The molecule has 104 valence electrons. The quantitative estimate of drug-likeness (QED) is 0.627. The van der Waals surface area contributed by atoms with Crippen LogP contribution >= 0.6 is 0 Å². The van der Waals surface area contributed by atoms with Gasteiger partial charge in [0.05, 0.1) is 18.7 Å². The molecule has 0 radical (unpaired) electrons. The predicted octanol–water partition coefficient (Wildman–Crippen LogP) is 1.60. The van der Waals surface area contributed by atoms with Crippen LogP contribution in [0.3, 0.4) is 0 Å². The average molecular weight is 274 g/mol. The van der Waals surface area contributed by atoms with E-state index in [0.29, 0.717) is 5.75 Å². The number of benzene rings is 1. The van der Waals surface area contributed by atoms with Crippen LogP contribution in [0.2, 0.25) is 0 Å². The largest absolute Gasteiger partial charge is 0.497 e. The van der Waals surface area contributed by atoms with Crippen LogP contribution in [0.15, 0.2) is 24.3 Å². The van der Waals surface area contributed by atoms with E-state index in [9.17, 15) is 9.59 Å². The first kappa shape index (κ1) is 15.4. The van der Waals surface area contributed by atoms with Gasteiger partial charge in [0, 0.05) is 5.71 Å². The Labute approximate surface area is 116 Å². The van der Waals surface area contributed by atoms with E-state index in [1.807, 2.05) is 0 Å². The number of hydrogen-bond acceptors (Lipinski definition) is 6. The molecule has 6 heteroatoms. The van der Waals surface area contributed by atoms with E-state index >= 15 is 0 Å². The van der Waals surface area contributed by atoms with Crippen molar-refractivity contribution in [2.24, 2.45) is 5.92 Å². The van der Waals surface area contributed by atoms with Gasteiger partial charge < -0.3 is 14.9 Å². The number of nitriles is 1. The Balaban J connectivity index is 2.66. The van der Waals surface area contributed by atoms with Gasteiger partial charge in [0.1, 0.15) is 11.7 Å². The van der Waals surface area contributed by atoms with Gasteiger partial charge >= 0.3 is 5.97 Å². The minimum atomic E-state index is -1.17. The van der Waals surface area contributed by atoms with Gasteiger partial charge in [-0.3, -0.25) is 4.79 Å². The van der Waals surface area contributed by atoms with E-state index in [1.165, 1.54) is 26.2 Å². The van der Waals surface area contributed by atoms with Gasteiger partial charge in [0.25, 0.3) is 0 Å². The molecule has 0 saturated carbocycles. The molecule has 0 fully saturated rings. The molecule has 0 heterocycles. The molecule has 0 aliphatic rings. The zero-order chi connectivity index (χ0) is 15.1. The number of Topliss-reactive ketones (excluding diaryl/α,β-unsaturated/α-hetero) is 1. The van der Waals surface area contributed by atoms with Crippen LogP contribution in [0, 0.1) is 22.7 Å². The van der Waals surface area contributed by atoms with Crippen molar-refractivity contribution in [3.63, 3.8) is 0 Å². The maximum atomic E-state index is 11.7. The molecule has 6 nitrogen and oxygen atoms in total. The molecular weight excluding hydrogens is 260 g/mol. The summed E-state index contributed by atoms with van der Waals surface area (Å²) in [6.45, 7) is 0.820. The minimum Gasteiger partial charge on any atom is -0.497 e. The standard InChI is InChI=1S/C14H14N2O4/c1-9(16)12(7-15)13(17)8-20-14(18)10-4-3-5-11(6-10)19-2/h3-6,12,16H,8H2,1-2H3. The molecule has 0 aliphatic heterocycles. The highest BCUT2D eigenvalue weighted by Gasteiger charge is 2.21. The number of carbonyl (C=O) groups excluding carboxylic acids is 2. The summed E-state index contributed by atoms with van der Waals surface area (Å²) in [5.74, 6) is -1.98. The van der Waals surface area contributed by atoms with E-state index < -0.39 is 24.3 Å². The fourth-order valence-electron chi connectivity index (χ4n) is 1.46. The average Bonchev–Trinajstić information content (AvgIpc) is 2.45. The number of hydrogen-bond donors (Lipinski definition) is 1. The topological polar surface area (TPSA) is 100 Å². The molecule has 0 bridgehead atoms. The first-order chi connectivity index (χ1) is 9.49. The van der Waals surface area contributed by atoms with Gasteiger partial charge in [-0.15, -0.1) is 0 Å². The third kappa shape index (κ3) is 3.92. The van der Waals surface area contributed by atoms with E-state index in [-0.39, 0.29) is 11.3 Å². The van der Waals surface area contributed by atoms with Gasteiger partial charge in [0.15, 0.2) is 12.4 Å². The number of carbonyl (C=O) groups is 2. The summed E-state index contributed by atoms with van der Waals surface area (Å²) in [7, 11) is 1.47. The highest BCUT2D eigenvalue weighted by molar-refractivity contribution is 6.06. The first-order valence-electron chi connectivity index (χ1n) is 5.78. The summed E-state index contributed by atoms with van der Waals surface area (Å²) in [5, 5.41) is 16.0. The number of nitrogens with zero attached hydrogens (tertiary/aromatic N) is 1. The summed E-state index contributed by atoms with van der Waals surface area (Å²) in [4.78, 5) is 23.3. The molecule has 20 heavy (non-hydrogen) atoms. The molecule has 1 aromatic rings. The molecule has 1 unspecified atom stereocenters. The predicted molar refractivity (Wildman–Crippen MR) is 70.8 cm³/mol. The molecule has 1 N–H and O–H groups in total. The van der Waals surface area contributed by atoms with Crippen LogP contribution in [0.4, 0.5) is 0 Å². The highest BCUT2D eigenvalue weighted by Crippen LogP contribution is 2.13. The summed E-state index contributed by atoms with van der Waals surface area (Å²) >= 11 is 0. The number of nitrogens with one attached hydrogen (secondary N) is 1. The zero-order valence-electron chi connectivity index (χ0n) is 11.2. The Kier molecular flexibility index (Phi) is 5.42. The number of ether oxygens (including phenoxy) is 2. The monoisotopic (exact) mass is 274 g/mol. The van der Waals surface area contributed by atoms with Crippen LogP contribution in [0.5, 0.6) is 5.75 Å². The van der Waals surface area contributed by atoms with Crippen LogP contribution < -0.4 is 4.74 Å². The lowest BCUT2D eigenvalue weighted by atomic mass is 10.0. The summed E-state index contributed by atoms with van der Waals surface area (Å²) < 4.78 is 9.80. The lowest BCUT2D eigenvalue weighted by Crippen LogP contribution is -2.25. The van der Waals surface area contributed by atoms with Crippen molar-refractivity contribution >= 4 is 17.5 Å². The molecular formula is C14H14N2O4. The Bertz CT molecular complexity index is 575. The third-order valence-corrected chi connectivity index (χ3v) is 2.54. The third-order valence-electron chi connectivity index (χ3n) is 2.54. The second-order valence-corrected chi connectivity index (χ2v) is 4.02. The Hall–Kier alpha value is -2.68. The molecule has 1 atom stereocenters. The molecule has 0 saturated heterocycles. The fraction of sp³-hybridized carbons (Fsp3) is 0.286. The van der Waals surface area contributed by atoms with Crippen molar-refractivity contribution in [1.82, 2.24) is 0 Å². The summed E-state index contributed by atoms with van der Waals surface area (Å²) in [6, 6.07) is 8.00. The van der Waals surface area contributed by atoms with Crippen molar-refractivity contribution in [3.05, 3.63) is 29.8 Å². The van der Waals surface area contributed by atoms with Gasteiger partial charge in [0.2, 0.25) is 0 Å². The molecule has 0 aromatic heterocycles. The van der Waals surface area contributed by atoms with Crippen molar-refractivity contribution < 1.29 is 19.1 Å². The van der Waals surface area contributed by atoms with Crippen LogP contribution in [0.1, 0.15) is 17.3 Å². The van der Waals surface area contributed by atoms with Crippen LogP contribution in [-0.2, 0) is 9.53 Å². The molecule has 0 spiro atoms. The number of rotatable bonds is 6. The SMILES string of the molecule is COc1cccc(C(=O)OCC(=O)C(C#N)C(C)=N)c1. The van der Waals surface area contributed by atoms with Crippen molar-refractivity contribution in [3.8, 4) is 11.8 Å². The Morgan fingerprint density at radius 1 is 1.45 bits per heavy atom. The van der Waals surface area contributed by atoms with E-state index in [2.05, 4.69) is 0 Å². The van der Waals surface area contributed by atoms with Gasteiger partial charge in [-0.2, -0.15) is 5.26 Å². The smallest absolute Gasteiger partial charge is 0.338 e. The lowest BCUT2D eigenvalue weighted by Gasteiger charge is -2.08. The Morgan fingerprint density at radius 2 is 2.15 bits per heavy atom. The van der Waals surface area contributed by atoms with Crippen LogP contribution in [0.25, 0.3) is 0 Å².